The summed E-state index contributed by atoms with van der Waals surface area (Å²) in [6.07, 6.45) is 0. The van der Waals surface area contributed by atoms with Crippen molar-refractivity contribution in [2.45, 2.75) is 13.8 Å². The van der Waals surface area contributed by atoms with Gasteiger partial charge in [-0.05, 0) is 44.2 Å². The molecule has 0 spiro atoms. The van der Waals surface area contributed by atoms with Gasteiger partial charge in [-0.3, -0.25) is 9.59 Å². The Morgan fingerprint density at radius 2 is 1.52 bits per heavy atom. The summed E-state index contributed by atoms with van der Waals surface area (Å²) in [5.74, 6) is 2.03. The molecule has 1 aliphatic heterocycles. The Morgan fingerprint density at radius 3 is 2.00 bits per heavy atom. The maximum absolute atomic E-state index is 12.6. The first kappa shape index (κ1) is 17.1. The van der Waals surface area contributed by atoms with Gasteiger partial charge in [0.15, 0.2) is 0 Å². The molecular formula is C19H22N2O4. The topological polar surface area (TPSA) is 63.0 Å². The minimum atomic E-state index is -0.0362. The quantitative estimate of drug-likeness (QED) is 0.860. The van der Waals surface area contributed by atoms with Crippen molar-refractivity contribution in [2.75, 3.05) is 33.3 Å². The summed E-state index contributed by atoms with van der Waals surface area (Å²) in [7, 11) is 1.59. The van der Waals surface area contributed by atoms with Crippen molar-refractivity contribution >= 4 is 11.8 Å². The third kappa shape index (κ3) is 3.52. The molecule has 0 radical (unpaired) electrons. The summed E-state index contributed by atoms with van der Waals surface area (Å²) < 4.78 is 10.6. The summed E-state index contributed by atoms with van der Waals surface area (Å²) in [6, 6.07) is 8.84. The Hall–Kier alpha value is -2.76. The van der Waals surface area contributed by atoms with E-state index < -0.39 is 0 Å². The van der Waals surface area contributed by atoms with Gasteiger partial charge >= 0.3 is 0 Å². The molecule has 0 saturated carbocycles. The minimum Gasteiger partial charge on any atom is -0.497 e. The molecule has 1 saturated heterocycles. The zero-order valence-electron chi connectivity index (χ0n) is 14.7. The van der Waals surface area contributed by atoms with Gasteiger partial charge in [-0.25, -0.2) is 0 Å². The average molecular weight is 342 g/mol. The Labute approximate surface area is 147 Å². The van der Waals surface area contributed by atoms with E-state index in [2.05, 4.69) is 0 Å². The molecule has 1 aromatic carbocycles. The number of aryl methyl sites for hydroxylation is 2. The van der Waals surface area contributed by atoms with Crippen LogP contribution in [0.2, 0.25) is 0 Å². The number of hydrogen-bond acceptors (Lipinski definition) is 4. The fourth-order valence-electron chi connectivity index (χ4n) is 3.04. The van der Waals surface area contributed by atoms with Gasteiger partial charge in [0.25, 0.3) is 11.8 Å². The van der Waals surface area contributed by atoms with Gasteiger partial charge in [0.05, 0.1) is 12.7 Å². The number of ether oxygens (including phenoxy) is 1. The van der Waals surface area contributed by atoms with Crippen molar-refractivity contribution in [3.05, 3.63) is 53.0 Å². The summed E-state index contributed by atoms with van der Waals surface area (Å²) in [5, 5.41) is 0. The largest absolute Gasteiger partial charge is 0.497 e. The summed E-state index contributed by atoms with van der Waals surface area (Å²) >= 11 is 0. The lowest BCUT2D eigenvalue weighted by Gasteiger charge is -2.34. The van der Waals surface area contributed by atoms with Crippen LogP contribution >= 0.6 is 0 Å². The molecule has 6 heteroatoms. The number of amides is 2. The predicted octanol–water partition coefficient (Wildman–Crippen LogP) is 2.50. The van der Waals surface area contributed by atoms with E-state index in [-0.39, 0.29) is 11.8 Å². The number of piperazine rings is 1. The van der Waals surface area contributed by atoms with Crippen LogP contribution in [0.15, 0.2) is 34.7 Å². The standard InChI is InChI=1S/C19H22N2O4/c1-13-12-17(14(2)25-13)19(23)21-10-8-20(9-11-21)18(22)15-4-6-16(24-3)7-5-15/h4-7,12H,8-11H2,1-3H3. The highest BCUT2D eigenvalue weighted by molar-refractivity contribution is 5.96. The van der Waals surface area contributed by atoms with Crippen LogP contribution in [-0.2, 0) is 0 Å². The Bertz CT molecular complexity index is 771. The van der Waals surface area contributed by atoms with E-state index in [1.165, 1.54) is 0 Å². The Balaban J connectivity index is 1.62. The fourth-order valence-corrected chi connectivity index (χ4v) is 3.04. The van der Waals surface area contributed by atoms with Crippen LogP contribution < -0.4 is 4.74 Å². The average Bonchev–Trinajstić information content (AvgIpc) is 2.99. The van der Waals surface area contributed by atoms with Crippen molar-refractivity contribution in [1.82, 2.24) is 9.80 Å². The van der Waals surface area contributed by atoms with Crippen LogP contribution in [0.5, 0.6) is 5.75 Å². The number of benzene rings is 1. The SMILES string of the molecule is COc1ccc(C(=O)N2CCN(C(=O)c3cc(C)oc3C)CC2)cc1. The minimum absolute atomic E-state index is 0.0231. The van der Waals surface area contributed by atoms with Crippen LogP contribution in [0.1, 0.15) is 32.2 Å². The number of carbonyl (C=O) groups excluding carboxylic acids is 2. The van der Waals surface area contributed by atoms with E-state index in [4.69, 9.17) is 9.15 Å². The smallest absolute Gasteiger partial charge is 0.257 e. The highest BCUT2D eigenvalue weighted by Crippen LogP contribution is 2.18. The van der Waals surface area contributed by atoms with Gasteiger partial charge in [0.2, 0.25) is 0 Å². The third-order valence-corrected chi connectivity index (χ3v) is 4.46. The van der Waals surface area contributed by atoms with Crippen LogP contribution in [0.3, 0.4) is 0 Å². The van der Waals surface area contributed by atoms with E-state index >= 15 is 0 Å². The van der Waals surface area contributed by atoms with E-state index in [1.807, 2.05) is 6.92 Å². The van der Waals surface area contributed by atoms with E-state index in [9.17, 15) is 9.59 Å². The van der Waals surface area contributed by atoms with Gasteiger partial charge in [-0.2, -0.15) is 0 Å². The zero-order valence-corrected chi connectivity index (χ0v) is 14.7. The first-order valence-corrected chi connectivity index (χ1v) is 8.29. The van der Waals surface area contributed by atoms with Gasteiger partial charge in [0.1, 0.15) is 17.3 Å². The third-order valence-electron chi connectivity index (χ3n) is 4.46. The molecule has 1 aliphatic rings. The lowest BCUT2D eigenvalue weighted by atomic mass is 10.1. The lowest BCUT2D eigenvalue weighted by Crippen LogP contribution is -2.50. The predicted molar refractivity (Wildman–Crippen MR) is 93.0 cm³/mol. The van der Waals surface area contributed by atoms with Crippen LogP contribution in [0.25, 0.3) is 0 Å². The maximum atomic E-state index is 12.6. The second kappa shape index (κ2) is 7.01. The van der Waals surface area contributed by atoms with E-state index in [1.54, 1.807) is 54.2 Å². The molecule has 0 N–H and O–H groups in total. The Kier molecular flexibility index (Phi) is 4.79. The number of furan rings is 1. The molecule has 0 bridgehead atoms. The molecule has 132 valence electrons. The molecule has 0 aliphatic carbocycles. The molecule has 2 aromatic rings. The fraction of sp³-hybridized carbons (Fsp3) is 0.368. The summed E-state index contributed by atoms with van der Waals surface area (Å²) in [6.45, 7) is 5.70. The number of hydrogen-bond donors (Lipinski definition) is 0. The summed E-state index contributed by atoms with van der Waals surface area (Å²) in [5.41, 5.74) is 1.23. The number of carbonyl (C=O) groups is 2. The molecule has 2 heterocycles. The zero-order chi connectivity index (χ0) is 18.0. The molecule has 25 heavy (non-hydrogen) atoms. The normalized spacial score (nSPS) is 14.5. The molecule has 1 aromatic heterocycles. The number of rotatable bonds is 3. The highest BCUT2D eigenvalue weighted by Gasteiger charge is 2.27. The number of methoxy groups -OCH3 is 1. The van der Waals surface area contributed by atoms with Crippen LogP contribution in [-0.4, -0.2) is 54.9 Å². The van der Waals surface area contributed by atoms with Gasteiger partial charge in [-0.1, -0.05) is 0 Å². The van der Waals surface area contributed by atoms with Crippen LogP contribution in [0, 0.1) is 13.8 Å². The molecule has 3 rings (SSSR count). The van der Waals surface area contributed by atoms with E-state index in [0.717, 1.165) is 11.5 Å². The monoisotopic (exact) mass is 342 g/mol. The van der Waals surface area contributed by atoms with E-state index in [0.29, 0.717) is 43.1 Å². The summed E-state index contributed by atoms with van der Waals surface area (Å²) in [4.78, 5) is 28.7. The molecule has 0 unspecified atom stereocenters. The number of nitrogens with zero attached hydrogens (tertiary/aromatic N) is 2. The molecule has 1 fully saturated rings. The molecule has 2 amide bonds. The lowest BCUT2D eigenvalue weighted by molar-refractivity contribution is 0.0534. The van der Waals surface area contributed by atoms with Crippen molar-refractivity contribution in [1.29, 1.82) is 0 Å². The molecular weight excluding hydrogens is 320 g/mol. The van der Waals surface area contributed by atoms with Gasteiger partial charge in [-0.15, -0.1) is 0 Å². The maximum Gasteiger partial charge on any atom is 0.257 e. The Morgan fingerprint density at radius 1 is 0.960 bits per heavy atom. The second-order valence-corrected chi connectivity index (χ2v) is 6.14. The first-order chi connectivity index (χ1) is 12.0. The van der Waals surface area contributed by atoms with Crippen LogP contribution in [0.4, 0.5) is 0 Å². The van der Waals surface area contributed by atoms with Gasteiger partial charge in [0, 0.05) is 31.7 Å². The van der Waals surface area contributed by atoms with Crippen molar-refractivity contribution < 1.29 is 18.7 Å². The van der Waals surface area contributed by atoms with Crippen molar-refractivity contribution in [2.24, 2.45) is 0 Å². The highest BCUT2D eigenvalue weighted by atomic mass is 16.5. The molecule has 6 nitrogen and oxygen atoms in total. The molecule has 0 atom stereocenters. The first-order valence-electron chi connectivity index (χ1n) is 8.29. The van der Waals surface area contributed by atoms with Gasteiger partial charge < -0.3 is 19.0 Å². The van der Waals surface area contributed by atoms with Crippen molar-refractivity contribution in [3.8, 4) is 5.75 Å². The second-order valence-electron chi connectivity index (χ2n) is 6.14. The van der Waals surface area contributed by atoms with Crippen molar-refractivity contribution in [3.63, 3.8) is 0 Å².